The van der Waals surface area contributed by atoms with Gasteiger partial charge in [-0.15, -0.1) is 0 Å². The second-order valence-corrected chi connectivity index (χ2v) is 4.62. The van der Waals surface area contributed by atoms with Crippen molar-refractivity contribution in [1.82, 2.24) is 10.3 Å². The summed E-state index contributed by atoms with van der Waals surface area (Å²) in [4.78, 5) is 4.03. The van der Waals surface area contributed by atoms with Crippen molar-refractivity contribution >= 4 is 0 Å². The summed E-state index contributed by atoms with van der Waals surface area (Å²) in [7, 11) is 3.76. The zero-order chi connectivity index (χ0) is 12.0. The van der Waals surface area contributed by atoms with Crippen LogP contribution in [0.4, 0.5) is 0 Å². The highest BCUT2D eigenvalue weighted by atomic mass is 16.5. The van der Waals surface area contributed by atoms with Gasteiger partial charge in [0.05, 0.1) is 5.60 Å². The van der Waals surface area contributed by atoms with Crippen LogP contribution in [-0.2, 0) is 4.74 Å². The van der Waals surface area contributed by atoms with Crippen molar-refractivity contribution in [1.29, 1.82) is 0 Å². The maximum Gasteiger partial charge on any atom is 0.0623 e. The molecule has 1 heterocycles. The van der Waals surface area contributed by atoms with E-state index in [9.17, 15) is 0 Å². The van der Waals surface area contributed by atoms with Gasteiger partial charge in [-0.2, -0.15) is 0 Å². The van der Waals surface area contributed by atoms with Gasteiger partial charge in [-0.3, -0.25) is 4.98 Å². The number of ether oxygens (including phenoxy) is 1. The van der Waals surface area contributed by atoms with E-state index >= 15 is 0 Å². The molecule has 0 saturated heterocycles. The first-order valence-corrected chi connectivity index (χ1v) is 5.71. The second kappa shape index (κ2) is 5.97. The molecule has 0 spiro atoms. The number of hydrogen-bond acceptors (Lipinski definition) is 3. The summed E-state index contributed by atoms with van der Waals surface area (Å²) in [6.45, 7) is 4.23. The van der Waals surface area contributed by atoms with E-state index in [1.165, 1.54) is 5.56 Å². The van der Waals surface area contributed by atoms with Crippen molar-refractivity contribution in [2.45, 2.75) is 38.3 Å². The van der Waals surface area contributed by atoms with Crippen LogP contribution in [0.5, 0.6) is 0 Å². The second-order valence-electron chi connectivity index (χ2n) is 4.62. The molecule has 1 N–H and O–H groups in total. The van der Waals surface area contributed by atoms with Gasteiger partial charge in [0, 0.05) is 25.5 Å². The number of aromatic nitrogens is 1. The van der Waals surface area contributed by atoms with Crippen LogP contribution in [0.25, 0.3) is 0 Å². The van der Waals surface area contributed by atoms with Crippen molar-refractivity contribution in [2.24, 2.45) is 0 Å². The molecule has 90 valence electrons. The topological polar surface area (TPSA) is 34.1 Å². The molecule has 16 heavy (non-hydrogen) atoms. The van der Waals surface area contributed by atoms with E-state index in [0.29, 0.717) is 6.04 Å². The first-order chi connectivity index (χ1) is 7.59. The van der Waals surface area contributed by atoms with Crippen molar-refractivity contribution < 1.29 is 4.74 Å². The zero-order valence-electron chi connectivity index (χ0n) is 10.7. The fourth-order valence-electron chi connectivity index (χ4n) is 1.67. The predicted octanol–water partition coefficient (Wildman–Crippen LogP) is 2.55. The van der Waals surface area contributed by atoms with Gasteiger partial charge in [0.15, 0.2) is 0 Å². The maximum absolute atomic E-state index is 5.43. The average molecular weight is 222 g/mol. The van der Waals surface area contributed by atoms with E-state index in [1.54, 1.807) is 7.11 Å². The van der Waals surface area contributed by atoms with Crippen LogP contribution in [0.1, 0.15) is 38.3 Å². The number of methoxy groups -OCH3 is 1. The highest BCUT2D eigenvalue weighted by Crippen LogP contribution is 2.23. The SMILES string of the molecule is CNC(CCC(C)(C)OC)c1ccncc1. The summed E-state index contributed by atoms with van der Waals surface area (Å²) in [5.41, 5.74) is 1.23. The van der Waals surface area contributed by atoms with Crippen LogP contribution >= 0.6 is 0 Å². The lowest BCUT2D eigenvalue weighted by Crippen LogP contribution is -2.25. The van der Waals surface area contributed by atoms with Gasteiger partial charge in [-0.1, -0.05) is 0 Å². The summed E-state index contributed by atoms with van der Waals surface area (Å²) >= 11 is 0. The van der Waals surface area contributed by atoms with Crippen molar-refractivity contribution in [3.05, 3.63) is 30.1 Å². The van der Waals surface area contributed by atoms with E-state index in [2.05, 4.69) is 36.3 Å². The van der Waals surface area contributed by atoms with E-state index in [0.717, 1.165) is 12.8 Å². The van der Waals surface area contributed by atoms with Crippen LogP contribution in [0, 0.1) is 0 Å². The Hall–Kier alpha value is -0.930. The quantitative estimate of drug-likeness (QED) is 0.803. The number of nitrogens with one attached hydrogen (secondary N) is 1. The van der Waals surface area contributed by atoms with Gasteiger partial charge in [-0.05, 0) is 51.4 Å². The van der Waals surface area contributed by atoms with Gasteiger partial charge < -0.3 is 10.1 Å². The third-order valence-electron chi connectivity index (χ3n) is 3.04. The average Bonchev–Trinajstić information content (AvgIpc) is 2.31. The summed E-state index contributed by atoms with van der Waals surface area (Å²) < 4.78 is 5.43. The first kappa shape index (κ1) is 13.1. The standard InChI is InChI=1S/C13H22N2O/c1-13(2,16-4)8-5-12(14-3)11-6-9-15-10-7-11/h6-7,9-10,12,14H,5,8H2,1-4H3. The summed E-state index contributed by atoms with van der Waals surface area (Å²) in [5, 5.41) is 3.33. The number of pyridine rings is 1. The van der Waals surface area contributed by atoms with E-state index in [4.69, 9.17) is 4.74 Å². The number of rotatable bonds is 6. The van der Waals surface area contributed by atoms with Gasteiger partial charge in [0.25, 0.3) is 0 Å². The van der Waals surface area contributed by atoms with Crippen molar-refractivity contribution in [3.63, 3.8) is 0 Å². The van der Waals surface area contributed by atoms with E-state index in [-0.39, 0.29) is 5.60 Å². The molecule has 0 amide bonds. The third-order valence-corrected chi connectivity index (χ3v) is 3.04. The normalized spacial score (nSPS) is 13.8. The monoisotopic (exact) mass is 222 g/mol. The highest BCUT2D eigenvalue weighted by molar-refractivity contribution is 5.14. The van der Waals surface area contributed by atoms with Crippen molar-refractivity contribution in [3.8, 4) is 0 Å². The van der Waals surface area contributed by atoms with Crippen LogP contribution in [0.3, 0.4) is 0 Å². The van der Waals surface area contributed by atoms with Crippen LogP contribution in [0.15, 0.2) is 24.5 Å². The van der Waals surface area contributed by atoms with Crippen LogP contribution < -0.4 is 5.32 Å². The Kier molecular flexibility index (Phi) is 4.90. The minimum Gasteiger partial charge on any atom is -0.379 e. The summed E-state index contributed by atoms with van der Waals surface area (Å²) in [6.07, 6.45) is 5.75. The molecule has 3 heteroatoms. The van der Waals surface area contributed by atoms with Crippen LogP contribution in [-0.4, -0.2) is 24.7 Å². The molecule has 0 bridgehead atoms. The fraction of sp³-hybridized carbons (Fsp3) is 0.615. The molecule has 0 aromatic carbocycles. The molecule has 1 atom stereocenters. The molecule has 0 aliphatic rings. The molecule has 0 aliphatic carbocycles. The Morgan fingerprint density at radius 3 is 2.50 bits per heavy atom. The van der Waals surface area contributed by atoms with Gasteiger partial charge in [-0.25, -0.2) is 0 Å². The zero-order valence-corrected chi connectivity index (χ0v) is 10.7. The molecule has 1 aromatic heterocycles. The number of nitrogens with zero attached hydrogens (tertiary/aromatic N) is 1. The molecule has 3 nitrogen and oxygen atoms in total. The Bertz CT molecular complexity index is 298. The Morgan fingerprint density at radius 2 is 2.00 bits per heavy atom. The lowest BCUT2D eigenvalue weighted by molar-refractivity contribution is 0.0118. The molecule has 1 rings (SSSR count). The van der Waals surface area contributed by atoms with Crippen molar-refractivity contribution in [2.75, 3.05) is 14.2 Å². The van der Waals surface area contributed by atoms with Gasteiger partial charge in [0.1, 0.15) is 0 Å². The Balaban J connectivity index is 2.57. The third kappa shape index (κ3) is 3.91. The molecular weight excluding hydrogens is 200 g/mol. The Labute approximate surface area is 98.2 Å². The summed E-state index contributed by atoms with van der Waals surface area (Å²) in [5.74, 6) is 0. The first-order valence-electron chi connectivity index (χ1n) is 5.71. The largest absolute Gasteiger partial charge is 0.379 e. The van der Waals surface area contributed by atoms with Gasteiger partial charge in [0.2, 0.25) is 0 Å². The number of hydrogen-bond donors (Lipinski definition) is 1. The molecule has 1 unspecified atom stereocenters. The minimum atomic E-state index is -0.0534. The van der Waals surface area contributed by atoms with E-state index < -0.39 is 0 Å². The molecule has 0 saturated carbocycles. The predicted molar refractivity (Wildman–Crippen MR) is 66.4 cm³/mol. The molecule has 0 fully saturated rings. The Morgan fingerprint density at radius 1 is 1.38 bits per heavy atom. The summed E-state index contributed by atoms with van der Waals surface area (Å²) in [6, 6.07) is 4.49. The lowest BCUT2D eigenvalue weighted by atomic mass is 9.95. The van der Waals surface area contributed by atoms with E-state index in [1.807, 2.05) is 19.4 Å². The van der Waals surface area contributed by atoms with Crippen LogP contribution in [0.2, 0.25) is 0 Å². The lowest BCUT2D eigenvalue weighted by Gasteiger charge is -2.26. The smallest absolute Gasteiger partial charge is 0.0623 e. The molecule has 1 aromatic rings. The maximum atomic E-state index is 5.43. The molecule has 0 radical (unpaired) electrons. The molecular formula is C13H22N2O. The fourth-order valence-corrected chi connectivity index (χ4v) is 1.67. The molecule has 0 aliphatic heterocycles. The highest BCUT2D eigenvalue weighted by Gasteiger charge is 2.19. The van der Waals surface area contributed by atoms with Gasteiger partial charge >= 0.3 is 0 Å². The minimum absolute atomic E-state index is 0.0534.